The molecule has 1 amide bonds. The van der Waals surface area contributed by atoms with E-state index in [1.165, 1.54) is 19.1 Å². The smallest absolute Gasteiger partial charge is 0.253 e. The Morgan fingerprint density at radius 3 is 2.69 bits per heavy atom. The summed E-state index contributed by atoms with van der Waals surface area (Å²) < 4.78 is 18.9. The molecule has 2 aromatic rings. The molecule has 4 nitrogen and oxygen atoms in total. The number of halogens is 1. The molecule has 0 spiro atoms. The molecule has 1 heterocycles. The molecule has 26 heavy (non-hydrogen) atoms. The average molecular weight is 355 g/mol. The lowest BCUT2D eigenvalue weighted by Crippen LogP contribution is -2.41. The van der Waals surface area contributed by atoms with Crippen LogP contribution in [0.25, 0.3) is 0 Å². The molecule has 1 atom stereocenters. The van der Waals surface area contributed by atoms with Crippen LogP contribution in [0.4, 0.5) is 4.39 Å². The van der Waals surface area contributed by atoms with Crippen molar-refractivity contribution in [3.05, 3.63) is 65.5 Å². The molecule has 1 fully saturated rings. The lowest BCUT2D eigenvalue weighted by Gasteiger charge is -2.32. The van der Waals surface area contributed by atoms with Gasteiger partial charge in [0.1, 0.15) is 11.6 Å². The van der Waals surface area contributed by atoms with Gasteiger partial charge in [-0.3, -0.25) is 9.59 Å². The summed E-state index contributed by atoms with van der Waals surface area (Å²) >= 11 is 0. The van der Waals surface area contributed by atoms with E-state index in [-0.39, 0.29) is 23.4 Å². The van der Waals surface area contributed by atoms with Crippen molar-refractivity contribution < 1.29 is 18.7 Å². The minimum Gasteiger partial charge on any atom is -0.493 e. The highest BCUT2D eigenvalue weighted by Gasteiger charge is 2.25. The summed E-state index contributed by atoms with van der Waals surface area (Å²) in [6.07, 6.45) is 1.86. The number of hydrogen-bond donors (Lipinski definition) is 0. The summed E-state index contributed by atoms with van der Waals surface area (Å²) in [6.45, 7) is 3.23. The second kappa shape index (κ2) is 8.13. The first-order chi connectivity index (χ1) is 12.5. The van der Waals surface area contributed by atoms with E-state index >= 15 is 0 Å². The first-order valence-corrected chi connectivity index (χ1v) is 8.81. The van der Waals surface area contributed by atoms with Crippen molar-refractivity contribution in [1.29, 1.82) is 0 Å². The number of likely N-dealkylation sites (tertiary alicyclic amines) is 1. The normalized spacial score (nSPS) is 17.0. The van der Waals surface area contributed by atoms with Gasteiger partial charge in [0.2, 0.25) is 0 Å². The number of nitrogens with zero attached hydrogens (tertiary/aromatic N) is 1. The lowest BCUT2D eigenvalue weighted by molar-refractivity contribution is 0.0633. The molecule has 0 unspecified atom stereocenters. The second-order valence-electron chi connectivity index (χ2n) is 6.66. The number of ether oxygens (including phenoxy) is 1. The van der Waals surface area contributed by atoms with Crippen molar-refractivity contribution >= 4 is 11.7 Å². The Bertz CT molecular complexity index is 805. The fraction of sp³-hybridized carbons (Fsp3) is 0.333. The van der Waals surface area contributed by atoms with Crippen LogP contribution in [0.1, 0.15) is 40.5 Å². The summed E-state index contributed by atoms with van der Waals surface area (Å²) in [7, 11) is 0. The molecule has 0 bridgehead atoms. The van der Waals surface area contributed by atoms with Crippen LogP contribution in [0, 0.1) is 11.7 Å². The van der Waals surface area contributed by atoms with Gasteiger partial charge < -0.3 is 9.64 Å². The first kappa shape index (κ1) is 18.1. The van der Waals surface area contributed by atoms with E-state index in [1.807, 2.05) is 4.90 Å². The van der Waals surface area contributed by atoms with Gasteiger partial charge in [-0.15, -0.1) is 0 Å². The van der Waals surface area contributed by atoms with Crippen LogP contribution in [0.3, 0.4) is 0 Å². The molecule has 0 saturated carbocycles. The monoisotopic (exact) mass is 355 g/mol. The summed E-state index contributed by atoms with van der Waals surface area (Å²) in [5.74, 6) is 0.256. The number of rotatable bonds is 5. The molecule has 1 aliphatic heterocycles. The van der Waals surface area contributed by atoms with Gasteiger partial charge in [-0.1, -0.05) is 18.2 Å². The Labute approximate surface area is 152 Å². The van der Waals surface area contributed by atoms with E-state index in [4.69, 9.17) is 4.74 Å². The minimum atomic E-state index is -0.326. The maximum Gasteiger partial charge on any atom is 0.253 e. The lowest BCUT2D eigenvalue weighted by atomic mass is 9.98. The van der Waals surface area contributed by atoms with Gasteiger partial charge in [0.05, 0.1) is 6.61 Å². The van der Waals surface area contributed by atoms with Crippen LogP contribution in [0.15, 0.2) is 48.5 Å². The number of Topliss-reactive ketones (excluding diaryl/α,β-unsaturated/α-hetero) is 1. The standard InChI is InChI=1S/C21H22FNO3/c1-15(24)17-6-2-7-18(11-17)21(25)23-10-4-5-16(13-23)14-26-20-9-3-8-19(22)12-20/h2-3,6-9,11-12,16H,4-5,10,13-14H2,1H3/t16-/m1/s1. The molecule has 0 aromatic heterocycles. The number of ketones is 1. The molecule has 0 aliphatic carbocycles. The van der Waals surface area contributed by atoms with E-state index < -0.39 is 0 Å². The van der Waals surface area contributed by atoms with E-state index in [0.29, 0.717) is 36.6 Å². The third kappa shape index (κ3) is 4.48. The Morgan fingerprint density at radius 2 is 1.92 bits per heavy atom. The van der Waals surface area contributed by atoms with Crippen LogP contribution < -0.4 is 4.74 Å². The van der Waals surface area contributed by atoms with Crippen molar-refractivity contribution in [2.24, 2.45) is 5.92 Å². The van der Waals surface area contributed by atoms with Crippen LogP contribution >= 0.6 is 0 Å². The highest BCUT2D eigenvalue weighted by atomic mass is 19.1. The van der Waals surface area contributed by atoms with Gasteiger partial charge >= 0.3 is 0 Å². The quantitative estimate of drug-likeness (QED) is 0.763. The largest absolute Gasteiger partial charge is 0.493 e. The number of piperidine rings is 1. The predicted octanol–water partition coefficient (Wildman–Crippen LogP) is 3.96. The minimum absolute atomic E-state index is 0.0559. The summed E-state index contributed by atoms with van der Waals surface area (Å²) in [6, 6.07) is 12.9. The van der Waals surface area contributed by atoms with Crippen LogP contribution in [0.5, 0.6) is 5.75 Å². The highest BCUT2D eigenvalue weighted by molar-refractivity contribution is 5.99. The summed E-state index contributed by atoms with van der Waals surface area (Å²) in [5.41, 5.74) is 1.07. The zero-order chi connectivity index (χ0) is 18.5. The Balaban J connectivity index is 1.61. The topological polar surface area (TPSA) is 46.6 Å². The van der Waals surface area contributed by atoms with Crippen molar-refractivity contribution in [2.75, 3.05) is 19.7 Å². The molecule has 136 valence electrons. The van der Waals surface area contributed by atoms with Gasteiger partial charge in [-0.2, -0.15) is 0 Å². The van der Waals surface area contributed by atoms with Crippen LogP contribution in [-0.4, -0.2) is 36.3 Å². The number of benzene rings is 2. The van der Waals surface area contributed by atoms with Crippen LogP contribution in [-0.2, 0) is 0 Å². The van der Waals surface area contributed by atoms with Crippen molar-refractivity contribution in [3.63, 3.8) is 0 Å². The zero-order valence-electron chi connectivity index (χ0n) is 14.8. The molecule has 0 radical (unpaired) electrons. The highest BCUT2D eigenvalue weighted by Crippen LogP contribution is 2.21. The van der Waals surface area contributed by atoms with Gasteiger partial charge in [-0.25, -0.2) is 4.39 Å². The van der Waals surface area contributed by atoms with E-state index in [2.05, 4.69) is 0 Å². The van der Waals surface area contributed by atoms with Gasteiger partial charge in [0.25, 0.3) is 5.91 Å². The van der Waals surface area contributed by atoms with Gasteiger partial charge in [0, 0.05) is 36.2 Å². The number of carbonyl (C=O) groups is 2. The van der Waals surface area contributed by atoms with E-state index in [1.54, 1.807) is 36.4 Å². The fourth-order valence-corrected chi connectivity index (χ4v) is 3.21. The third-order valence-electron chi connectivity index (χ3n) is 4.60. The SMILES string of the molecule is CC(=O)c1cccc(C(=O)N2CCC[C@@H](COc3cccc(F)c3)C2)c1. The molecular weight excluding hydrogens is 333 g/mol. The average Bonchev–Trinajstić information content (AvgIpc) is 2.66. The zero-order valence-corrected chi connectivity index (χ0v) is 14.8. The predicted molar refractivity (Wildman–Crippen MR) is 97.0 cm³/mol. The fourth-order valence-electron chi connectivity index (χ4n) is 3.21. The van der Waals surface area contributed by atoms with Crippen molar-refractivity contribution in [2.45, 2.75) is 19.8 Å². The summed E-state index contributed by atoms with van der Waals surface area (Å²) in [5, 5.41) is 0. The first-order valence-electron chi connectivity index (χ1n) is 8.81. The Hall–Kier alpha value is -2.69. The van der Waals surface area contributed by atoms with Crippen molar-refractivity contribution in [3.8, 4) is 5.75 Å². The van der Waals surface area contributed by atoms with Crippen LogP contribution in [0.2, 0.25) is 0 Å². The molecular formula is C21H22FNO3. The van der Waals surface area contributed by atoms with Gasteiger partial charge in [0.15, 0.2) is 5.78 Å². The molecule has 2 aromatic carbocycles. The molecule has 3 rings (SSSR count). The Kier molecular flexibility index (Phi) is 5.66. The third-order valence-corrected chi connectivity index (χ3v) is 4.60. The molecule has 1 saturated heterocycles. The Morgan fingerprint density at radius 1 is 1.15 bits per heavy atom. The molecule has 1 aliphatic rings. The molecule has 5 heteroatoms. The van der Waals surface area contributed by atoms with Gasteiger partial charge in [-0.05, 0) is 44.0 Å². The maximum absolute atomic E-state index is 13.2. The van der Waals surface area contributed by atoms with E-state index in [9.17, 15) is 14.0 Å². The summed E-state index contributed by atoms with van der Waals surface area (Å²) in [4.78, 5) is 26.1. The number of hydrogen-bond acceptors (Lipinski definition) is 3. The van der Waals surface area contributed by atoms with Crippen molar-refractivity contribution in [1.82, 2.24) is 4.90 Å². The maximum atomic E-state index is 13.2. The second-order valence-corrected chi connectivity index (χ2v) is 6.66. The molecule has 0 N–H and O–H groups in total. The number of amides is 1. The number of carbonyl (C=O) groups excluding carboxylic acids is 2. The van der Waals surface area contributed by atoms with E-state index in [0.717, 1.165) is 12.8 Å².